The zero-order chi connectivity index (χ0) is 14.2. The minimum atomic E-state index is -3.55. The number of thioether (sulfide) groups is 1. The lowest BCUT2D eigenvalue weighted by Gasteiger charge is -2.29. The first-order chi connectivity index (χ1) is 8.82. The summed E-state index contributed by atoms with van der Waals surface area (Å²) in [6.45, 7) is 4.57. The Morgan fingerprint density at radius 2 is 2.21 bits per heavy atom. The van der Waals surface area contributed by atoms with Crippen LogP contribution in [-0.4, -0.2) is 47.9 Å². The van der Waals surface area contributed by atoms with Gasteiger partial charge in [0, 0.05) is 24.1 Å². The molecule has 1 fully saturated rings. The van der Waals surface area contributed by atoms with Crippen molar-refractivity contribution in [2.24, 2.45) is 0 Å². The number of aryl methyl sites for hydroxylation is 1. The fourth-order valence-corrected chi connectivity index (χ4v) is 6.21. The third-order valence-corrected chi connectivity index (χ3v) is 7.56. The van der Waals surface area contributed by atoms with Crippen LogP contribution in [0.15, 0.2) is 10.3 Å². The number of carbonyl (C=O) groups is 1. The maximum absolute atomic E-state index is 12.5. The molecule has 0 aliphatic carbocycles. The third-order valence-electron chi connectivity index (χ3n) is 2.89. The number of sulfonamides is 1. The quantitative estimate of drug-likeness (QED) is 0.920. The highest BCUT2D eigenvalue weighted by atomic mass is 32.2. The van der Waals surface area contributed by atoms with Crippen LogP contribution in [0.1, 0.15) is 22.2 Å². The third kappa shape index (κ3) is 2.96. The van der Waals surface area contributed by atoms with Crippen molar-refractivity contribution in [3.05, 3.63) is 16.5 Å². The summed E-state index contributed by atoms with van der Waals surface area (Å²) in [4.78, 5) is 11.1. The van der Waals surface area contributed by atoms with Crippen LogP contribution in [0.5, 0.6) is 0 Å². The minimum absolute atomic E-state index is 0.0954. The monoisotopic (exact) mass is 321 g/mol. The van der Waals surface area contributed by atoms with Crippen molar-refractivity contribution < 1.29 is 18.3 Å². The van der Waals surface area contributed by atoms with Gasteiger partial charge < -0.3 is 5.11 Å². The number of nitrogens with zero attached hydrogens (tertiary/aromatic N) is 1. The largest absolute Gasteiger partial charge is 0.477 e. The molecule has 1 unspecified atom stereocenters. The molecule has 1 aromatic rings. The normalized spacial score (nSPS) is 21.5. The highest BCUT2D eigenvalue weighted by molar-refractivity contribution is 8.00. The van der Waals surface area contributed by atoms with E-state index >= 15 is 0 Å². The first-order valence-electron chi connectivity index (χ1n) is 5.78. The van der Waals surface area contributed by atoms with Gasteiger partial charge in [0.25, 0.3) is 10.0 Å². The molecule has 5 nitrogen and oxygen atoms in total. The van der Waals surface area contributed by atoms with Gasteiger partial charge in [0.1, 0.15) is 9.09 Å². The van der Waals surface area contributed by atoms with E-state index in [0.29, 0.717) is 18.7 Å². The van der Waals surface area contributed by atoms with Crippen LogP contribution < -0.4 is 0 Å². The molecule has 106 valence electrons. The molecule has 1 saturated heterocycles. The molecule has 19 heavy (non-hydrogen) atoms. The first-order valence-corrected chi connectivity index (χ1v) is 9.08. The molecule has 1 N–H and O–H groups in total. The summed E-state index contributed by atoms with van der Waals surface area (Å²) in [6, 6.07) is 1.45. The molecule has 0 radical (unpaired) electrons. The molecule has 8 heteroatoms. The highest BCUT2D eigenvalue weighted by Crippen LogP contribution is 2.30. The molecule has 1 aromatic heterocycles. The average Bonchev–Trinajstić information content (AvgIpc) is 2.72. The maximum Gasteiger partial charge on any atom is 0.346 e. The standard InChI is InChI=1S/C11H15NO4S3/c1-7-5-9(18-10(7)11(13)14)19(15,16)12-3-4-17-8(2)6-12/h5,8H,3-4,6H2,1-2H3,(H,13,14). The molecule has 0 aromatic carbocycles. The van der Waals surface area contributed by atoms with Gasteiger partial charge in [-0.3, -0.25) is 0 Å². The summed E-state index contributed by atoms with van der Waals surface area (Å²) in [6.07, 6.45) is 0. The molecule has 0 amide bonds. The number of aromatic carboxylic acids is 1. The predicted molar refractivity (Wildman–Crippen MR) is 76.7 cm³/mol. The van der Waals surface area contributed by atoms with Crippen molar-refractivity contribution in [3.8, 4) is 0 Å². The van der Waals surface area contributed by atoms with E-state index in [2.05, 4.69) is 0 Å². The number of thiophene rings is 1. The number of carboxylic acid groups (broad SMARTS) is 1. The van der Waals surface area contributed by atoms with Crippen LogP contribution in [0.25, 0.3) is 0 Å². The van der Waals surface area contributed by atoms with Crippen molar-refractivity contribution in [2.75, 3.05) is 18.8 Å². The second-order valence-electron chi connectivity index (χ2n) is 4.43. The summed E-state index contributed by atoms with van der Waals surface area (Å²) in [7, 11) is -3.55. The molecule has 1 aliphatic rings. The van der Waals surface area contributed by atoms with E-state index in [0.717, 1.165) is 17.1 Å². The van der Waals surface area contributed by atoms with Gasteiger partial charge in [-0.05, 0) is 18.6 Å². The van der Waals surface area contributed by atoms with E-state index in [-0.39, 0.29) is 14.3 Å². The van der Waals surface area contributed by atoms with Crippen LogP contribution in [0.2, 0.25) is 0 Å². The number of rotatable bonds is 3. The number of hydrogen-bond acceptors (Lipinski definition) is 5. The van der Waals surface area contributed by atoms with Gasteiger partial charge in [-0.1, -0.05) is 6.92 Å². The second kappa shape index (κ2) is 5.43. The zero-order valence-electron chi connectivity index (χ0n) is 10.6. The fourth-order valence-electron chi connectivity index (χ4n) is 1.92. The molecular formula is C11H15NO4S3. The van der Waals surface area contributed by atoms with Gasteiger partial charge in [-0.2, -0.15) is 16.1 Å². The maximum atomic E-state index is 12.5. The van der Waals surface area contributed by atoms with Gasteiger partial charge in [0.05, 0.1) is 0 Å². The van der Waals surface area contributed by atoms with E-state index in [1.54, 1.807) is 18.7 Å². The van der Waals surface area contributed by atoms with E-state index < -0.39 is 16.0 Å². The molecular weight excluding hydrogens is 306 g/mol. The lowest BCUT2D eigenvalue weighted by atomic mass is 10.3. The van der Waals surface area contributed by atoms with Crippen LogP contribution >= 0.6 is 23.1 Å². The van der Waals surface area contributed by atoms with Crippen LogP contribution in [-0.2, 0) is 10.0 Å². The van der Waals surface area contributed by atoms with Crippen LogP contribution in [0.3, 0.4) is 0 Å². The van der Waals surface area contributed by atoms with Crippen LogP contribution in [0.4, 0.5) is 0 Å². The van der Waals surface area contributed by atoms with E-state index in [9.17, 15) is 13.2 Å². The van der Waals surface area contributed by atoms with Crippen molar-refractivity contribution in [3.63, 3.8) is 0 Å². The summed E-state index contributed by atoms with van der Waals surface area (Å²) >= 11 is 2.58. The Labute approximate surface area is 120 Å². The SMILES string of the molecule is Cc1cc(S(=O)(=O)N2CCSC(C)C2)sc1C(=O)O. The Balaban J connectivity index is 2.34. The molecule has 1 aliphatic heterocycles. The molecule has 2 rings (SSSR count). The molecule has 0 saturated carbocycles. The van der Waals surface area contributed by atoms with Crippen molar-refractivity contribution in [1.82, 2.24) is 4.31 Å². The summed E-state index contributed by atoms with van der Waals surface area (Å²) in [5.74, 6) is -0.303. The Hall–Kier alpha value is -0.570. The lowest BCUT2D eigenvalue weighted by Crippen LogP contribution is -2.40. The van der Waals surface area contributed by atoms with Crippen LogP contribution in [0, 0.1) is 6.92 Å². The van der Waals surface area contributed by atoms with Crippen molar-refractivity contribution in [2.45, 2.75) is 23.3 Å². The second-order valence-corrected chi connectivity index (χ2v) is 9.19. The average molecular weight is 321 g/mol. The Morgan fingerprint density at radius 1 is 1.53 bits per heavy atom. The smallest absolute Gasteiger partial charge is 0.346 e. The van der Waals surface area contributed by atoms with E-state index in [1.807, 2.05) is 6.92 Å². The van der Waals surface area contributed by atoms with Gasteiger partial charge in [0.15, 0.2) is 0 Å². The topological polar surface area (TPSA) is 74.7 Å². The van der Waals surface area contributed by atoms with E-state index in [1.165, 1.54) is 10.4 Å². The summed E-state index contributed by atoms with van der Waals surface area (Å²) in [5.41, 5.74) is 0.496. The Kier molecular flexibility index (Phi) is 4.24. The lowest BCUT2D eigenvalue weighted by molar-refractivity contribution is 0.0701. The van der Waals surface area contributed by atoms with Gasteiger partial charge >= 0.3 is 5.97 Å². The molecule has 0 bridgehead atoms. The molecule has 0 spiro atoms. The van der Waals surface area contributed by atoms with Crippen molar-refractivity contribution >= 4 is 39.1 Å². The van der Waals surface area contributed by atoms with Crippen molar-refractivity contribution in [1.29, 1.82) is 0 Å². The molecule has 2 heterocycles. The number of hydrogen-bond donors (Lipinski definition) is 1. The minimum Gasteiger partial charge on any atom is -0.477 e. The number of carboxylic acids is 1. The van der Waals surface area contributed by atoms with E-state index in [4.69, 9.17) is 5.11 Å². The summed E-state index contributed by atoms with van der Waals surface area (Å²) < 4.78 is 26.5. The Bertz CT molecular complexity index is 593. The molecule has 1 atom stereocenters. The predicted octanol–water partition coefficient (Wildman–Crippen LogP) is 1.88. The Morgan fingerprint density at radius 3 is 2.74 bits per heavy atom. The first kappa shape index (κ1) is 14.8. The van der Waals surface area contributed by atoms with Gasteiger partial charge in [-0.25, -0.2) is 13.2 Å². The fraction of sp³-hybridized carbons (Fsp3) is 0.545. The van der Waals surface area contributed by atoms with Gasteiger partial charge in [-0.15, -0.1) is 11.3 Å². The van der Waals surface area contributed by atoms with Gasteiger partial charge in [0.2, 0.25) is 0 Å². The summed E-state index contributed by atoms with van der Waals surface area (Å²) in [5, 5.41) is 9.26. The zero-order valence-corrected chi connectivity index (χ0v) is 13.1. The highest BCUT2D eigenvalue weighted by Gasteiger charge is 2.31.